The first-order chi connectivity index (χ1) is 6.79. The zero-order valence-electron chi connectivity index (χ0n) is 7.66. The van der Waals surface area contributed by atoms with E-state index in [0.29, 0.717) is 16.8 Å². The molecule has 0 aliphatic heterocycles. The molecule has 0 spiro atoms. The molecule has 0 unspecified atom stereocenters. The molecule has 2 rings (SSSR count). The van der Waals surface area contributed by atoms with Gasteiger partial charge in [0.05, 0.1) is 0 Å². The molecule has 0 radical (unpaired) electrons. The van der Waals surface area contributed by atoms with Crippen molar-refractivity contribution in [1.29, 1.82) is 0 Å². The molecule has 0 saturated heterocycles. The minimum atomic E-state index is 0.447. The molecular formula is C9H9ClN4. The lowest BCUT2D eigenvalue weighted by Gasteiger charge is -2.00. The number of aryl methyl sites for hydroxylation is 1. The van der Waals surface area contributed by atoms with E-state index >= 15 is 0 Å². The van der Waals surface area contributed by atoms with Crippen molar-refractivity contribution in [2.45, 2.75) is 13.3 Å². The monoisotopic (exact) mass is 208 g/mol. The maximum absolute atomic E-state index is 5.85. The average Bonchev–Trinajstić information content (AvgIpc) is 2.69. The van der Waals surface area contributed by atoms with Crippen molar-refractivity contribution in [3.63, 3.8) is 0 Å². The van der Waals surface area contributed by atoms with Gasteiger partial charge in [0, 0.05) is 18.1 Å². The van der Waals surface area contributed by atoms with Crippen LogP contribution < -0.4 is 0 Å². The summed E-state index contributed by atoms with van der Waals surface area (Å²) in [4.78, 5) is 15.4. The van der Waals surface area contributed by atoms with Crippen LogP contribution in [0.2, 0.25) is 5.15 Å². The normalized spacial score (nSPS) is 10.4. The van der Waals surface area contributed by atoms with Crippen LogP contribution in [0, 0.1) is 0 Å². The molecule has 0 aromatic carbocycles. The molecular weight excluding hydrogens is 200 g/mol. The van der Waals surface area contributed by atoms with E-state index in [4.69, 9.17) is 11.6 Å². The first kappa shape index (κ1) is 9.15. The highest BCUT2D eigenvalue weighted by Gasteiger charge is 2.06. The number of nitrogens with zero attached hydrogens (tertiary/aromatic N) is 3. The van der Waals surface area contributed by atoms with Crippen LogP contribution in [0.5, 0.6) is 0 Å². The van der Waals surface area contributed by atoms with Crippen molar-refractivity contribution in [1.82, 2.24) is 19.9 Å². The van der Waals surface area contributed by atoms with Gasteiger partial charge < -0.3 is 4.98 Å². The Labute approximate surface area is 86.4 Å². The Kier molecular flexibility index (Phi) is 2.45. The van der Waals surface area contributed by atoms with Gasteiger partial charge in [-0.05, 0) is 12.5 Å². The van der Waals surface area contributed by atoms with Gasteiger partial charge >= 0.3 is 0 Å². The predicted octanol–water partition coefficient (Wildman–Crippen LogP) is 2.08. The molecule has 0 amide bonds. The van der Waals surface area contributed by atoms with Crippen LogP contribution in [0.25, 0.3) is 11.6 Å². The highest BCUT2D eigenvalue weighted by Crippen LogP contribution is 2.14. The number of H-pyrrole nitrogens is 1. The largest absolute Gasteiger partial charge is 0.342 e. The Morgan fingerprint density at radius 2 is 2.29 bits per heavy atom. The second-order valence-electron chi connectivity index (χ2n) is 2.80. The average molecular weight is 209 g/mol. The quantitative estimate of drug-likeness (QED) is 0.769. The summed E-state index contributed by atoms with van der Waals surface area (Å²) in [5.74, 6) is 1.18. The number of rotatable bonds is 2. The van der Waals surface area contributed by atoms with Gasteiger partial charge in [-0.15, -0.1) is 0 Å². The van der Waals surface area contributed by atoms with E-state index in [0.717, 1.165) is 12.1 Å². The molecule has 0 atom stereocenters. The Bertz CT molecular complexity index is 424. The third kappa shape index (κ3) is 1.75. The molecule has 2 heterocycles. The topological polar surface area (TPSA) is 54.5 Å². The van der Waals surface area contributed by atoms with Crippen LogP contribution in [-0.4, -0.2) is 19.9 Å². The van der Waals surface area contributed by atoms with E-state index in [1.54, 1.807) is 18.5 Å². The van der Waals surface area contributed by atoms with Gasteiger partial charge in [0.15, 0.2) is 11.6 Å². The van der Waals surface area contributed by atoms with Crippen molar-refractivity contribution in [3.8, 4) is 11.6 Å². The summed E-state index contributed by atoms with van der Waals surface area (Å²) in [6, 6.07) is 1.76. The number of aromatic nitrogens is 4. The molecule has 4 nitrogen and oxygen atoms in total. The fourth-order valence-electron chi connectivity index (χ4n) is 1.14. The number of halogens is 1. The lowest BCUT2D eigenvalue weighted by atomic mass is 10.3. The second-order valence-corrected chi connectivity index (χ2v) is 3.18. The maximum Gasteiger partial charge on any atom is 0.197 e. The zero-order chi connectivity index (χ0) is 9.97. The highest BCUT2D eigenvalue weighted by atomic mass is 35.5. The number of hydrogen-bond acceptors (Lipinski definition) is 3. The van der Waals surface area contributed by atoms with Crippen molar-refractivity contribution >= 4 is 11.6 Å². The van der Waals surface area contributed by atoms with Crippen molar-refractivity contribution in [2.24, 2.45) is 0 Å². The fraction of sp³-hybridized carbons (Fsp3) is 0.222. The standard InChI is InChI=1S/C9H9ClN4/c1-2-6-5-7(10)14-9(13-6)8-11-3-4-12-8/h3-5H,2H2,1H3,(H,11,12). The molecule has 0 bridgehead atoms. The van der Waals surface area contributed by atoms with Crippen LogP contribution in [0.15, 0.2) is 18.5 Å². The summed E-state index contributed by atoms with van der Waals surface area (Å²) < 4.78 is 0. The summed E-state index contributed by atoms with van der Waals surface area (Å²) in [6.07, 6.45) is 4.21. The van der Waals surface area contributed by atoms with E-state index in [9.17, 15) is 0 Å². The molecule has 2 aromatic rings. The molecule has 1 N–H and O–H groups in total. The molecule has 0 aliphatic carbocycles. The van der Waals surface area contributed by atoms with E-state index in [2.05, 4.69) is 19.9 Å². The van der Waals surface area contributed by atoms with E-state index in [-0.39, 0.29) is 0 Å². The van der Waals surface area contributed by atoms with E-state index < -0.39 is 0 Å². The summed E-state index contributed by atoms with van der Waals surface area (Å²) in [7, 11) is 0. The van der Waals surface area contributed by atoms with Gasteiger partial charge in [0.1, 0.15) is 5.15 Å². The fourth-order valence-corrected chi connectivity index (χ4v) is 1.34. The van der Waals surface area contributed by atoms with Crippen LogP contribution in [0.4, 0.5) is 0 Å². The van der Waals surface area contributed by atoms with Gasteiger partial charge in [-0.3, -0.25) is 0 Å². The Balaban J connectivity index is 2.48. The van der Waals surface area contributed by atoms with Gasteiger partial charge in [-0.25, -0.2) is 15.0 Å². The summed E-state index contributed by atoms with van der Waals surface area (Å²) in [5.41, 5.74) is 0.913. The van der Waals surface area contributed by atoms with Crippen molar-refractivity contribution < 1.29 is 0 Å². The minimum Gasteiger partial charge on any atom is -0.342 e. The predicted molar refractivity (Wildman–Crippen MR) is 54.0 cm³/mol. The van der Waals surface area contributed by atoms with Crippen LogP contribution in [0.1, 0.15) is 12.6 Å². The lowest BCUT2D eigenvalue weighted by molar-refractivity contribution is 0.993. The number of hydrogen-bond donors (Lipinski definition) is 1. The highest BCUT2D eigenvalue weighted by molar-refractivity contribution is 6.29. The zero-order valence-corrected chi connectivity index (χ0v) is 8.41. The number of aromatic amines is 1. The third-order valence-corrected chi connectivity index (χ3v) is 2.01. The lowest BCUT2D eigenvalue weighted by Crippen LogP contribution is -1.96. The van der Waals surface area contributed by atoms with Gasteiger partial charge in [-0.1, -0.05) is 18.5 Å². The van der Waals surface area contributed by atoms with E-state index in [1.807, 2.05) is 6.92 Å². The van der Waals surface area contributed by atoms with Crippen molar-refractivity contribution in [2.75, 3.05) is 0 Å². The maximum atomic E-state index is 5.85. The molecule has 0 saturated carbocycles. The van der Waals surface area contributed by atoms with Gasteiger partial charge in [-0.2, -0.15) is 0 Å². The number of imidazole rings is 1. The van der Waals surface area contributed by atoms with Crippen LogP contribution >= 0.6 is 11.6 Å². The molecule has 2 aromatic heterocycles. The summed E-state index contributed by atoms with van der Waals surface area (Å²) >= 11 is 5.85. The molecule has 0 fully saturated rings. The molecule has 0 aliphatic rings. The smallest absolute Gasteiger partial charge is 0.197 e. The van der Waals surface area contributed by atoms with Gasteiger partial charge in [0.2, 0.25) is 0 Å². The van der Waals surface area contributed by atoms with Gasteiger partial charge in [0.25, 0.3) is 0 Å². The Hall–Kier alpha value is -1.42. The summed E-state index contributed by atoms with van der Waals surface area (Å²) in [6.45, 7) is 2.02. The van der Waals surface area contributed by atoms with Crippen LogP contribution in [0.3, 0.4) is 0 Å². The molecule has 14 heavy (non-hydrogen) atoms. The second kappa shape index (κ2) is 3.75. The van der Waals surface area contributed by atoms with E-state index in [1.165, 1.54) is 0 Å². The van der Waals surface area contributed by atoms with Crippen LogP contribution in [-0.2, 0) is 6.42 Å². The van der Waals surface area contributed by atoms with Crippen molar-refractivity contribution in [3.05, 3.63) is 29.3 Å². The number of nitrogens with one attached hydrogen (secondary N) is 1. The molecule has 5 heteroatoms. The minimum absolute atomic E-state index is 0.447. The molecule has 72 valence electrons. The first-order valence-electron chi connectivity index (χ1n) is 4.33. The Morgan fingerprint density at radius 1 is 1.43 bits per heavy atom. The summed E-state index contributed by atoms with van der Waals surface area (Å²) in [5, 5.41) is 0.447. The Morgan fingerprint density at radius 3 is 2.93 bits per heavy atom. The third-order valence-electron chi connectivity index (χ3n) is 1.82. The first-order valence-corrected chi connectivity index (χ1v) is 4.70. The SMILES string of the molecule is CCc1cc(Cl)nc(-c2ncc[nH]2)n1.